The predicted molar refractivity (Wildman–Crippen MR) is 136 cm³/mol. The van der Waals surface area contributed by atoms with Gasteiger partial charge in [-0.3, -0.25) is 4.79 Å². The number of likely N-dealkylation sites (tertiary alicyclic amines) is 1. The number of benzene rings is 1. The van der Waals surface area contributed by atoms with E-state index < -0.39 is 5.54 Å². The fourth-order valence-electron chi connectivity index (χ4n) is 4.45. The molecule has 0 saturated carbocycles. The van der Waals surface area contributed by atoms with Crippen molar-refractivity contribution in [2.45, 2.75) is 44.7 Å². The number of amides is 1. The summed E-state index contributed by atoms with van der Waals surface area (Å²) in [5.41, 5.74) is 8.51. The van der Waals surface area contributed by atoms with E-state index in [1.165, 1.54) is 7.11 Å². The standard InChI is InChI=1S/C26H28N6O3S/c1-16-15-36-23(28-16)20-10-7-11-32(20)24(33)19-12-18(13-21(29-19)34-3)22-30-31-25(35-22)26(2,27)14-17-8-5-4-6-9-17/h4-6,8-9,12-13,15,20H,7,10-11,14,27H2,1-3H3/t20-,26+/m1/s1. The maximum Gasteiger partial charge on any atom is 0.273 e. The zero-order valence-electron chi connectivity index (χ0n) is 20.5. The van der Waals surface area contributed by atoms with Crippen LogP contribution in [0, 0.1) is 6.92 Å². The molecule has 10 heteroatoms. The van der Waals surface area contributed by atoms with Crippen molar-refractivity contribution in [3.63, 3.8) is 0 Å². The van der Waals surface area contributed by atoms with Gasteiger partial charge >= 0.3 is 0 Å². The zero-order chi connectivity index (χ0) is 25.3. The molecule has 36 heavy (non-hydrogen) atoms. The van der Waals surface area contributed by atoms with Gasteiger partial charge in [0, 0.05) is 29.2 Å². The summed E-state index contributed by atoms with van der Waals surface area (Å²) in [5, 5.41) is 11.4. The Balaban J connectivity index is 1.42. The van der Waals surface area contributed by atoms with Gasteiger partial charge < -0.3 is 19.8 Å². The number of carbonyl (C=O) groups is 1. The van der Waals surface area contributed by atoms with Gasteiger partial charge in [-0.15, -0.1) is 21.5 Å². The highest BCUT2D eigenvalue weighted by atomic mass is 32.1. The van der Waals surface area contributed by atoms with Crippen LogP contribution in [-0.4, -0.2) is 44.6 Å². The minimum atomic E-state index is -0.864. The maximum atomic E-state index is 13.6. The summed E-state index contributed by atoms with van der Waals surface area (Å²) in [4.78, 5) is 24.4. The second-order valence-electron chi connectivity index (χ2n) is 9.26. The van der Waals surface area contributed by atoms with Crippen LogP contribution in [0.25, 0.3) is 11.5 Å². The number of hydrogen-bond donors (Lipinski definition) is 1. The third-order valence-corrected chi connectivity index (χ3v) is 7.30. The molecule has 1 saturated heterocycles. The lowest BCUT2D eigenvalue weighted by Gasteiger charge is -2.23. The Morgan fingerprint density at radius 1 is 1.25 bits per heavy atom. The van der Waals surface area contributed by atoms with Crippen molar-refractivity contribution in [2.75, 3.05) is 13.7 Å². The molecule has 0 radical (unpaired) electrons. The Morgan fingerprint density at radius 2 is 2.06 bits per heavy atom. The molecule has 1 fully saturated rings. The van der Waals surface area contributed by atoms with Gasteiger partial charge in [-0.25, -0.2) is 9.97 Å². The van der Waals surface area contributed by atoms with Crippen LogP contribution >= 0.6 is 11.3 Å². The molecule has 4 aromatic rings. The molecule has 0 unspecified atom stereocenters. The predicted octanol–water partition coefficient (Wildman–Crippen LogP) is 4.30. The number of aryl methyl sites for hydroxylation is 1. The van der Waals surface area contributed by atoms with E-state index in [9.17, 15) is 4.79 Å². The van der Waals surface area contributed by atoms with Crippen LogP contribution in [0.3, 0.4) is 0 Å². The van der Waals surface area contributed by atoms with Crippen molar-refractivity contribution in [3.8, 4) is 17.3 Å². The number of nitrogens with zero attached hydrogens (tertiary/aromatic N) is 5. The average Bonchev–Trinajstić information content (AvgIpc) is 3.64. The zero-order valence-corrected chi connectivity index (χ0v) is 21.3. The van der Waals surface area contributed by atoms with Crippen molar-refractivity contribution in [1.82, 2.24) is 25.1 Å². The smallest absolute Gasteiger partial charge is 0.273 e. The van der Waals surface area contributed by atoms with E-state index in [2.05, 4.69) is 20.2 Å². The first-order chi connectivity index (χ1) is 17.3. The van der Waals surface area contributed by atoms with Gasteiger partial charge in [0.15, 0.2) is 0 Å². The molecule has 0 bridgehead atoms. The first-order valence-electron chi connectivity index (χ1n) is 11.8. The summed E-state index contributed by atoms with van der Waals surface area (Å²) >= 11 is 1.58. The lowest BCUT2D eigenvalue weighted by molar-refractivity contribution is 0.0728. The number of nitrogens with two attached hydrogens (primary N) is 1. The van der Waals surface area contributed by atoms with Crippen LogP contribution < -0.4 is 10.5 Å². The second kappa shape index (κ2) is 9.79. The van der Waals surface area contributed by atoms with Crippen LogP contribution in [0.4, 0.5) is 0 Å². The van der Waals surface area contributed by atoms with Crippen LogP contribution in [0.15, 0.2) is 52.3 Å². The van der Waals surface area contributed by atoms with E-state index in [0.717, 1.165) is 29.1 Å². The van der Waals surface area contributed by atoms with Gasteiger partial charge in [0.1, 0.15) is 10.7 Å². The second-order valence-corrected chi connectivity index (χ2v) is 10.1. The van der Waals surface area contributed by atoms with Crippen LogP contribution in [0.2, 0.25) is 0 Å². The van der Waals surface area contributed by atoms with Crippen LogP contribution in [0.1, 0.15) is 58.5 Å². The topological polar surface area (TPSA) is 120 Å². The van der Waals surface area contributed by atoms with Crippen molar-refractivity contribution in [3.05, 3.63) is 75.7 Å². The highest BCUT2D eigenvalue weighted by Crippen LogP contribution is 2.35. The Labute approximate surface area is 213 Å². The highest BCUT2D eigenvalue weighted by Gasteiger charge is 2.34. The lowest BCUT2D eigenvalue weighted by atomic mass is 9.94. The van der Waals surface area contributed by atoms with E-state index in [1.807, 2.05) is 54.5 Å². The summed E-state index contributed by atoms with van der Waals surface area (Å²) in [6.07, 6.45) is 2.32. The lowest BCUT2D eigenvalue weighted by Crippen LogP contribution is -2.35. The minimum absolute atomic E-state index is 0.0569. The van der Waals surface area contributed by atoms with Crippen LogP contribution in [0.5, 0.6) is 5.88 Å². The molecule has 186 valence electrons. The molecule has 3 aromatic heterocycles. The monoisotopic (exact) mass is 504 g/mol. The number of aromatic nitrogens is 4. The molecular weight excluding hydrogens is 476 g/mol. The third kappa shape index (κ3) is 4.87. The molecule has 0 spiro atoms. The number of rotatable bonds is 7. The molecule has 1 aliphatic rings. The molecule has 2 N–H and O–H groups in total. The first kappa shape index (κ1) is 24.1. The molecule has 1 aromatic carbocycles. The fourth-order valence-corrected chi connectivity index (χ4v) is 5.39. The van der Waals surface area contributed by atoms with Gasteiger partial charge in [0.2, 0.25) is 17.7 Å². The molecule has 2 atom stereocenters. The Bertz CT molecular complexity index is 1370. The van der Waals surface area contributed by atoms with Crippen molar-refractivity contribution < 1.29 is 13.9 Å². The SMILES string of the molecule is COc1cc(-c2nnc([C@@](C)(N)Cc3ccccc3)o2)cc(C(=O)N2CCC[C@@H]2c2nc(C)cs2)n1. The molecule has 4 heterocycles. The van der Waals surface area contributed by atoms with Crippen molar-refractivity contribution >= 4 is 17.2 Å². The van der Waals surface area contributed by atoms with Crippen molar-refractivity contribution in [1.29, 1.82) is 0 Å². The molecule has 1 aliphatic heterocycles. The number of thiazole rings is 1. The van der Waals surface area contributed by atoms with E-state index in [-0.39, 0.29) is 29.4 Å². The summed E-state index contributed by atoms with van der Waals surface area (Å²) in [5.74, 6) is 0.663. The summed E-state index contributed by atoms with van der Waals surface area (Å²) < 4.78 is 11.4. The molecule has 1 amide bonds. The van der Waals surface area contributed by atoms with Crippen molar-refractivity contribution in [2.24, 2.45) is 5.73 Å². The first-order valence-corrected chi connectivity index (χ1v) is 12.7. The van der Waals surface area contributed by atoms with Gasteiger partial charge in [-0.2, -0.15) is 0 Å². The number of carbonyl (C=O) groups excluding carboxylic acids is 1. The molecular formula is C26H28N6O3S. The maximum absolute atomic E-state index is 13.6. The number of pyridine rings is 1. The Morgan fingerprint density at radius 3 is 2.78 bits per heavy atom. The number of hydrogen-bond acceptors (Lipinski definition) is 9. The van der Waals surface area contributed by atoms with E-state index >= 15 is 0 Å². The van der Waals surface area contributed by atoms with Gasteiger partial charge in [-0.05, 0) is 44.7 Å². The normalized spacial score (nSPS) is 17.2. The largest absolute Gasteiger partial charge is 0.481 e. The Hall–Kier alpha value is -3.63. The highest BCUT2D eigenvalue weighted by molar-refractivity contribution is 7.09. The summed E-state index contributed by atoms with van der Waals surface area (Å²) in [6.45, 7) is 4.46. The Kier molecular flexibility index (Phi) is 6.55. The quantitative estimate of drug-likeness (QED) is 0.396. The van der Waals surface area contributed by atoms with Gasteiger partial charge in [0.05, 0.1) is 18.7 Å². The van der Waals surface area contributed by atoms with Crippen LogP contribution in [-0.2, 0) is 12.0 Å². The fraction of sp³-hybridized carbons (Fsp3) is 0.346. The average molecular weight is 505 g/mol. The summed E-state index contributed by atoms with van der Waals surface area (Å²) in [6, 6.07) is 13.2. The summed E-state index contributed by atoms with van der Waals surface area (Å²) in [7, 11) is 1.51. The molecule has 9 nitrogen and oxygen atoms in total. The minimum Gasteiger partial charge on any atom is -0.481 e. The third-order valence-electron chi connectivity index (χ3n) is 6.24. The number of methoxy groups -OCH3 is 1. The van der Waals surface area contributed by atoms with E-state index in [1.54, 1.807) is 23.5 Å². The molecule has 5 rings (SSSR count). The van der Waals surface area contributed by atoms with Gasteiger partial charge in [-0.1, -0.05) is 30.3 Å². The van der Waals surface area contributed by atoms with E-state index in [4.69, 9.17) is 14.9 Å². The number of ether oxygens (including phenoxy) is 1. The van der Waals surface area contributed by atoms with Gasteiger partial charge in [0.25, 0.3) is 5.91 Å². The van der Waals surface area contributed by atoms with E-state index in [0.29, 0.717) is 24.4 Å². The molecule has 0 aliphatic carbocycles.